The van der Waals surface area contributed by atoms with Gasteiger partial charge < -0.3 is 5.32 Å². The van der Waals surface area contributed by atoms with Crippen LogP contribution in [0.1, 0.15) is 37.7 Å². The Hall–Kier alpha value is -1.33. The molecule has 1 aromatic heterocycles. The lowest BCUT2D eigenvalue weighted by molar-refractivity contribution is 0.513. The van der Waals surface area contributed by atoms with E-state index in [2.05, 4.69) is 29.4 Å². The fourth-order valence-corrected chi connectivity index (χ4v) is 2.82. The SMILES string of the molecule is CCCNC(CC)c1nnc(-c2ccc(F)cc2)s1. The first-order chi connectivity index (χ1) is 9.24. The number of benzene rings is 1. The summed E-state index contributed by atoms with van der Waals surface area (Å²) < 4.78 is 12.9. The number of halogens is 1. The molecule has 1 unspecified atom stereocenters. The molecule has 5 heteroatoms. The quantitative estimate of drug-likeness (QED) is 0.874. The summed E-state index contributed by atoms with van der Waals surface area (Å²) in [5.74, 6) is -0.232. The van der Waals surface area contributed by atoms with Gasteiger partial charge in [-0.1, -0.05) is 25.2 Å². The third-order valence-corrected chi connectivity index (χ3v) is 3.96. The summed E-state index contributed by atoms with van der Waals surface area (Å²) in [6.45, 7) is 5.25. The van der Waals surface area contributed by atoms with Crippen LogP contribution in [0.15, 0.2) is 24.3 Å². The van der Waals surface area contributed by atoms with E-state index in [4.69, 9.17) is 0 Å². The van der Waals surface area contributed by atoms with Gasteiger partial charge in [0, 0.05) is 5.56 Å². The molecule has 0 bridgehead atoms. The molecule has 0 saturated heterocycles. The van der Waals surface area contributed by atoms with Crippen LogP contribution in [-0.2, 0) is 0 Å². The zero-order chi connectivity index (χ0) is 13.7. The molecule has 19 heavy (non-hydrogen) atoms. The third-order valence-electron chi connectivity index (χ3n) is 2.88. The zero-order valence-electron chi connectivity index (χ0n) is 11.2. The van der Waals surface area contributed by atoms with Crippen LogP contribution < -0.4 is 5.32 Å². The molecule has 1 aromatic carbocycles. The predicted octanol–water partition coefficient (Wildman–Crippen LogP) is 3.79. The van der Waals surface area contributed by atoms with Crippen molar-refractivity contribution >= 4 is 11.3 Å². The molecule has 0 fully saturated rings. The smallest absolute Gasteiger partial charge is 0.147 e. The van der Waals surface area contributed by atoms with E-state index in [1.165, 1.54) is 12.1 Å². The van der Waals surface area contributed by atoms with E-state index in [-0.39, 0.29) is 11.9 Å². The summed E-state index contributed by atoms with van der Waals surface area (Å²) in [5, 5.41) is 13.7. The van der Waals surface area contributed by atoms with Crippen molar-refractivity contribution in [1.29, 1.82) is 0 Å². The molecule has 0 saturated carbocycles. The van der Waals surface area contributed by atoms with E-state index in [1.54, 1.807) is 23.5 Å². The molecule has 3 nitrogen and oxygen atoms in total. The summed E-state index contributed by atoms with van der Waals surface area (Å²) >= 11 is 1.57. The van der Waals surface area contributed by atoms with Gasteiger partial charge in [0.05, 0.1) is 6.04 Å². The van der Waals surface area contributed by atoms with Gasteiger partial charge in [0.15, 0.2) is 0 Å². The van der Waals surface area contributed by atoms with Gasteiger partial charge in [-0.3, -0.25) is 0 Å². The molecule has 102 valence electrons. The maximum absolute atomic E-state index is 12.9. The normalized spacial score (nSPS) is 12.6. The molecule has 2 aromatic rings. The van der Waals surface area contributed by atoms with Gasteiger partial charge in [0.2, 0.25) is 0 Å². The van der Waals surface area contributed by atoms with Crippen LogP contribution in [-0.4, -0.2) is 16.7 Å². The lowest BCUT2D eigenvalue weighted by Gasteiger charge is -2.12. The summed E-state index contributed by atoms with van der Waals surface area (Å²) in [7, 11) is 0. The monoisotopic (exact) mass is 279 g/mol. The van der Waals surface area contributed by atoms with Gasteiger partial charge in [-0.25, -0.2) is 4.39 Å². The average Bonchev–Trinajstić information content (AvgIpc) is 2.90. The largest absolute Gasteiger partial charge is 0.308 e. The Balaban J connectivity index is 2.15. The number of hydrogen-bond donors (Lipinski definition) is 1. The van der Waals surface area contributed by atoms with Crippen molar-refractivity contribution in [2.75, 3.05) is 6.54 Å². The molecule has 0 aliphatic rings. The van der Waals surface area contributed by atoms with Crippen LogP contribution in [0, 0.1) is 5.82 Å². The Kier molecular flexibility index (Phi) is 4.99. The minimum absolute atomic E-state index is 0.232. The fraction of sp³-hybridized carbons (Fsp3) is 0.429. The van der Waals surface area contributed by atoms with Gasteiger partial charge in [-0.15, -0.1) is 10.2 Å². The highest BCUT2D eigenvalue weighted by Crippen LogP contribution is 2.28. The minimum atomic E-state index is -0.232. The first-order valence-electron chi connectivity index (χ1n) is 6.57. The molecule has 0 spiro atoms. The molecule has 1 heterocycles. The van der Waals surface area contributed by atoms with Crippen LogP contribution in [0.4, 0.5) is 4.39 Å². The highest BCUT2D eigenvalue weighted by Gasteiger charge is 2.14. The number of aromatic nitrogens is 2. The Morgan fingerprint density at radius 3 is 2.58 bits per heavy atom. The van der Waals surface area contributed by atoms with E-state index in [0.717, 1.165) is 35.0 Å². The number of nitrogens with one attached hydrogen (secondary N) is 1. The van der Waals surface area contributed by atoms with E-state index in [0.29, 0.717) is 0 Å². The van der Waals surface area contributed by atoms with Crippen LogP contribution in [0.3, 0.4) is 0 Å². The highest BCUT2D eigenvalue weighted by molar-refractivity contribution is 7.14. The van der Waals surface area contributed by atoms with Crippen molar-refractivity contribution in [3.8, 4) is 10.6 Å². The van der Waals surface area contributed by atoms with Crippen molar-refractivity contribution in [2.24, 2.45) is 0 Å². The second-order valence-electron chi connectivity index (χ2n) is 4.37. The maximum atomic E-state index is 12.9. The summed E-state index contributed by atoms with van der Waals surface area (Å²) in [5.41, 5.74) is 0.912. The second kappa shape index (κ2) is 6.73. The van der Waals surface area contributed by atoms with Gasteiger partial charge >= 0.3 is 0 Å². The van der Waals surface area contributed by atoms with Crippen LogP contribution >= 0.6 is 11.3 Å². The highest BCUT2D eigenvalue weighted by atomic mass is 32.1. The van der Waals surface area contributed by atoms with Crippen molar-refractivity contribution in [3.05, 3.63) is 35.1 Å². The van der Waals surface area contributed by atoms with Crippen molar-refractivity contribution in [2.45, 2.75) is 32.7 Å². The maximum Gasteiger partial charge on any atom is 0.147 e. The fourth-order valence-electron chi connectivity index (χ4n) is 1.81. The Labute approximate surface area is 116 Å². The third kappa shape index (κ3) is 3.58. The summed E-state index contributed by atoms with van der Waals surface area (Å²) in [6, 6.07) is 6.62. The molecule has 0 aliphatic heterocycles. The molecular formula is C14H18FN3S. The van der Waals surface area contributed by atoms with Gasteiger partial charge in [0.1, 0.15) is 15.8 Å². The van der Waals surface area contributed by atoms with E-state index < -0.39 is 0 Å². The van der Waals surface area contributed by atoms with Crippen LogP contribution in [0.25, 0.3) is 10.6 Å². The van der Waals surface area contributed by atoms with E-state index >= 15 is 0 Å². The summed E-state index contributed by atoms with van der Waals surface area (Å²) in [6.07, 6.45) is 2.08. The number of rotatable bonds is 6. The topological polar surface area (TPSA) is 37.8 Å². The van der Waals surface area contributed by atoms with Crippen LogP contribution in [0.2, 0.25) is 0 Å². The Morgan fingerprint density at radius 2 is 1.95 bits per heavy atom. The number of hydrogen-bond acceptors (Lipinski definition) is 4. The molecule has 0 radical (unpaired) electrons. The molecule has 0 amide bonds. The lowest BCUT2D eigenvalue weighted by atomic mass is 10.2. The molecular weight excluding hydrogens is 261 g/mol. The Morgan fingerprint density at radius 1 is 1.21 bits per heavy atom. The molecule has 1 atom stereocenters. The average molecular weight is 279 g/mol. The van der Waals surface area contributed by atoms with Gasteiger partial charge in [-0.2, -0.15) is 0 Å². The van der Waals surface area contributed by atoms with Crippen molar-refractivity contribution in [1.82, 2.24) is 15.5 Å². The minimum Gasteiger partial charge on any atom is -0.308 e. The van der Waals surface area contributed by atoms with Gasteiger partial charge in [0.25, 0.3) is 0 Å². The van der Waals surface area contributed by atoms with Crippen molar-refractivity contribution in [3.63, 3.8) is 0 Å². The lowest BCUT2D eigenvalue weighted by Crippen LogP contribution is -2.21. The predicted molar refractivity (Wildman–Crippen MR) is 76.6 cm³/mol. The first kappa shape index (κ1) is 14.1. The zero-order valence-corrected chi connectivity index (χ0v) is 12.0. The molecule has 1 N–H and O–H groups in total. The number of nitrogens with zero attached hydrogens (tertiary/aromatic N) is 2. The standard InChI is InChI=1S/C14H18FN3S/c1-3-9-16-12(4-2)14-18-17-13(19-14)10-5-7-11(15)8-6-10/h5-8,12,16H,3-4,9H2,1-2H3. The first-order valence-corrected chi connectivity index (χ1v) is 7.39. The van der Waals surface area contributed by atoms with E-state index in [9.17, 15) is 4.39 Å². The summed E-state index contributed by atoms with van der Waals surface area (Å²) in [4.78, 5) is 0. The van der Waals surface area contributed by atoms with Crippen LogP contribution in [0.5, 0.6) is 0 Å². The Bertz CT molecular complexity index is 510. The van der Waals surface area contributed by atoms with Crippen molar-refractivity contribution < 1.29 is 4.39 Å². The van der Waals surface area contributed by atoms with Gasteiger partial charge in [-0.05, 0) is 43.7 Å². The molecule has 2 rings (SSSR count). The molecule has 0 aliphatic carbocycles. The van der Waals surface area contributed by atoms with E-state index in [1.807, 2.05) is 0 Å². The second-order valence-corrected chi connectivity index (χ2v) is 5.38.